The first-order valence-corrected chi connectivity index (χ1v) is 5.18. The molecule has 1 atom stereocenters. The van der Waals surface area contributed by atoms with Gasteiger partial charge in [-0.1, -0.05) is 13.8 Å². The molecular weight excluding hydrogens is 176 g/mol. The highest BCUT2D eigenvalue weighted by atomic mass is 16.1. The first-order valence-electron chi connectivity index (χ1n) is 5.18. The van der Waals surface area contributed by atoms with Crippen LogP contribution >= 0.6 is 0 Å². The van der Waals surface area contributed by atoms with Crippen LogP contribution in [-0.2, 0) is 6.54 Å². The van der Waals surface area contributed by atoms with E-state index in [1.807, 2.05) is 13.0 Å². The molecule has 0 aromatic carbocycles. The Balaban J connectivity index is 3.06. The van der Waals surface area contributed by atoms with E-state index in [2.05, 4.69) is 18.9 Å². The maximum Gasteiger partial charge on any atom is 0.177 e. The molecule has 0 N–H and O–H groups in total. The van der Waals surface area contributed by atoms with Crippen LogP contribution in [0.15, 0.2) is 6.07 Å². The maximum atomic E-state index is 11.3. The summed E-state index contributed by atoms with van der Waals surface area (Å²) < 4.78 is 1.78. The highest BCUT2D eigenvalue weighted by molar-refractivity contribution is 5.92. The fourth-order valence-electron chi connectivity index (χ4n) is 1.41. The van der Waals surface area contributed by atoms with Crippen LogP contribution in [0.4, 0.5) is 0 Å². The van der Waals surface area contributed by atoms with E-state index in [1.165, 1.54) is 0 Å². The molecule has 3 heteroatoms. The molecular formula is C11H18N2O. The van der Waals surface area contributed by atoms with Gasteiger partial charge in [0, 0.05) is 13.5 Å². The summed E-state index contributed by atoms with van der Waals surface area (Å²) in [4.78, 5) is 11.3. The second-order valence-corrected chi connectivity index (χ2v) is 3.64. The summed E-state index contributed by atoms with van der Waals surface area (Å²) in [5.41, 5.74) is 1.75. The Kier molecular flexibility index (Phi) is 3.44. The topological polar surface area (TPSA) is 34.9 Å². The summed E-state index contributed by atoms with van der Waals surface area (Å²) in [6.45, 7) is 8.60. The summed E-state index contributed by atoms with van der Waals surface area (Å²) in [6.07, 6.45) is 1.05. The second kappa shape index (κ2) is 4.40. The summed E-state index contributed by atoms with van der Waals surface area (Å²) in [7, 11) is 0. The van der Waals surface area contributed by atoms with Gasteiger partial charge in [-0.05, 0) is 25.3 Å². The molecule has 1 aromatic heterocycles. The van der Waals surface area contributed by atoms with E-state index in [1.54, 1.807) is 11.6 Å². The normalized spacial score (nSPS) is 12.9. The number of hydrogen-bond acceptors (Lipinski definition) is 2. The van der Waals surface area contributed by atoms with Crippen LogP contribution < -0.4 is 0 Å². The number of carbonyl (C=O) groups excluding carboxylic acids is 1. The van der Waals surface area contributed by atoms with Gasteiger partial charge >= 0.3 is 0 Å². The first-order chi connectivity index (χ1) is 6.60. The van der Waals surface area contributed by atoms with E-state index in [0.29, 0.717) is 5.92 Å². The zero-order chi connectivity index (χ0) is 10.7. The minimum atomic E-state index is 0.0916. The van der Waals surface area contributed by atoms with Gasteiger partial charge in [0.15, 0.2) is 5.78 Å². The van der Waals surface area contributed by atoms with Crippen molar-refractivity contribution in [3.8, 4) is 0 Å². The Morgan fingerprint density at radius 3 is 2.57 bits per heavy atom. The van der Waals surface area contributed by atoms with Crippen molar-refractivity contribution in [1.29, 1.82) is 0 Å². The Labute approximate surface area is 85.1 Å². The number of carbonyl (C=O) groups is 1. The Hall–Kier alpha value is -1.12. The fraction of sp³-hybridized carbons (Fsp3) is 0.636. The molecule has 78 valence electrons. The zero-order valence-corrected chi connectivity index (χ0v) is 9.37. The highest BCUT2D eigenvalue weighted by Crippen LogP contribution is 2.18. The molecule has 0 spiro atoms. The molecule has 0 fully saturated rings. The lowest BCUT2D eigenvalue weighted by atomic mass is 10.1. The molecule has 0 aliphatic rings. The first kappa shape index (κ1) is 11.0. The van der Waals surface area contributed by atoms with Crippen molar-refractivity contribution in [3.05, 3.63) is 17.5 Å². The van der Waals surface area contributed by atoms with Crippen LogP contribution in [-0.4, -0.2) is 15.6 Å². The molecule has 1 unspecified atom stereocenters. The van der Waals surface area contributed by atoms with Gasteiger partial charge in [0.05, 0.1) is 5.69 Å². The minimum absolute atomic E-state index is 0.0916. The van der Waals surface area contributed by atoms with E-state index in [9.17, 15) is 4.79 Å². The van der Waals surface area contributed by atoms with Crippen molar-refractivity contribution in [1.82, 2.24) is 9.78 Å². The number of ketones is 1. The SMILES string of the molecule is CCC(C)c1cc(C(C)=O)n(CC)n1. The van der Waals surface area contributed by atoms with Gasteiger partial charge in [-0.15, -0.1) is 0 Å². The fourth-order valence-corrected chi connectivity index (χ4v) is 1.41. The number of aromatic nitrogens is 2. The van der Waals surface area contributed by atoms with Crippen LogP contribution in [0.3, 0.4) is 0 Å². The Morgan fingerprint density at radius 2 is 2.21 bits per heavy atom. The lowest BCUT2D eigenvalue weighted by molar-refractivity contribution is 0.100. The molecule has 0 amide bonds. The summed E-state index contributed by atoms with van der Waals surface area (Å²) in [5.74, 6) is 0.523. The standard InChI is InChI=1S/C11H18N2O/c1-5-8(3)10-7-11(9(4)14)13(6-2)12-10/h7-8H,5-6H2,1-4H3. The van der Waals surface area contributed by atoms with Crippen molar-refractivity contribution in [2.75, 3.05) is 0 Å². The molecule has 0 aliphatic heterocycles. The minimum Gasteiger partial charge on any atom is -0.293 e. The van der Waals surface area contributed by atoms with Crippen molar-refractivity contribution in [2.24, 2.45) is 0 Å². The summed E-state index contributed by atoms with van der Waals surface area (Å²) >= 11 is 0. The highest BCUT2D eigenvalue weighted by Gasteiger charge is 2.13. The van der Waals surface area contributed by atoms with E-state index >= 15 is 0 Å². The number of aryl methyl sites for hydroxylation is 1. The van der Waals surface area contributed by atoms with Gasteiger partial charge in [0.1, 0.15) is 5.69 Å². The molecule has 0 saturated carbocycles. The number of Topliss-reactive ketones (excluding diaryl/α,β-unsaturated/α-hetero) is 1. The molecule has 0 saturated heterocycles. The zero-order valence-electron chi connectivity index (χ0n) is 9.37. The number of nitrogens with zero attached hydrogens (tertiary/aromatic N) is 2. The van der Waals surface area contributed by atoms with Crippen LogP contribution in [0.1, 0.15) is 56.2 Å². The van der Waals surface area contributed by atoms with Crippen LogP contribution in [0.25, 0.3) is 0 Å². The van der Waals surface area contributed by atoms with Crippen molar-refractivity contribution in [3.63, 3.8) is 0 Å². The van der Waals surface area contributed by atoms with Gasteiger partial charge < -0.3 is 0 Å². The lowest BCUT2D eigenvalue weighted by Gasteiger charge is -2.02. The predicted molar refractivity (Wildman–Crippen MR) is 56.6 cm³/mol. The van der Waals surface area contributed by atoms with E-state index in [-0.39, 0.29) is 5.78 Å². The van der Waals surface area contributed by atoms with Gasteiger partial charge in [0.25, 0.3) is 0 Å². The third-order valence-corrected chi connectivity index (χ3v) is 2.58. The van der Waals surface area contributed by atoms with E-state index in [0.717, 1.165) is 24.4 Å². The summed E-state index contributed by atoms with van der Waals surface area (Å²) in [5, 5.41) is 4.42. The smallest absolute Gasteiger partial charge is 0.177 e. The third-order valence-electron chi connectivity index (χ3n) is 2.58. The van der Waals surface area contributed by atoms with Crippen molar-refractivity contribution >= 4 is 5.78 Å². The molecule has 0 radical (unpaired) electrons. The van der Waals surface area contributed by atoms with Gasteiger partial charge in [-0.25, -0.2) is 0 Å². The Bertz CT molecular complexity index is 328. The predicted octanol–water partition coefficient (Wildman–Crippen LogP) is 2.62. The maximum absolute atomic E-state index is 11.3. The lowest BCUT2D eigenvalue weighted by Crippen LogP contribution is -2.06. The molecule has 14 heavy (non-hydrogen) atoms. The number of hydrogen-bond donors (Lipinski definition) is 0. The summed E-state index contributed by atoms with van der Waals surface area (Å²) in [6, 6.07) is 1.92. The molecule has 0 bridgehead atoms. The van der Waals surface area contributed by atoms with Gasteiger partial charge in [-0.2, -0.15) is 5.10 Å². The molecule has 0 aliphatic carbocycles. The molecule has 1 heterocycles. The van der Waals surface area contributed by atoms with Gasteiger partial charge in [0.2, 0.25) is 0 Å². The molecule has 1 rings (SSSR count). The quantitative estimate of drug-likeness (QED) is 0.690. The molecule has 3 nitrogen and oxygen atoms in total. The van der Waals surface area contributed by atoms with Gasteiger partial charge in [-0.3, -0.25) is 9.48 Å². The van der Waals surface area contributed by atoms with Crippen LogP contribution in [0, 0.1) is 0 Å². The van der Waals surface area contributed by atoms with E-state index in [4.69, 9.17) is 0 Å². The van der Waals surface area contributed by atoms with E-state index < -0.39 is 0 Å². The van der Waals surface area contributed by atoms with Crippen molar-refractivity contribution in [2.45, 2.75) is 46.6 Å². The monoisotopic (exact) mass is 194 g/mol. The van der Waals surface area contributed by atoms with Crippen LogP contribution in [0.2, 0.25) is 0 Å². The largest absolute Gasteiger partial charge is 0.293 e. The second-order valence-electron chi connectivity index (χ2n) is 3.64. The molecule has 1 aromatic rings. The van der Waals surface area contributed by atoms with Crippen molar-refractivity contribution < 1.29 is 4.79 Å². The average Bonchev–Trinajstić information content (AvgIpc) is 2.60. The average molecular weight is 194 g/mol. The van der Waals surface area contributed by atoms with Crippen LogP contribution in [0.5, 0.6) is 0 Å². The number of rotatable bonds is 4. The third kappa shape index (κ3) is 2.03. The Morgan fingerprint density at radius 1 is 1.57 bits per heavy atom.